The Labute approximate surface area is 109 Å². The molecule has 0 aliphatic carbocycles. The van der Waals surface area contributed by atoms with Crippen molar-refractivity contribution in [3.63, 3.8) is 0 Å². The van der Waals surface area contributed by atoms with E-state index >= 15 is 0 Å². The average molecular weight is 265 g/mol. The van der Waals surface area contributed by atoms with Crippen molar-refractivity contribution in [2.75, 3.05) is 5.73 Å². The van der Waals surface area contributed by atoms with Crippen LogP contribution >= 0.6 is 11.8 Å². The molecule has 0 amide bonds. The van der Waals surface area contributed by atoms with E-state index in [1.165, 1.54) is 23.9 Å². The summed E-state index contributed by atoms with van der Waals surface area (Å²) < 4.78 is 26.3. The molecule has 94 valence electrons. The first-order valence-electron chi connectivity index (χ1n) is 5.53. The Kier molecular flexibility index (Phi) is 3.87. The van der Waals surface area contributed by atoms with E-state index in [9.17, 15) is 8.78 Å². The molecule has 0 saturated heterocycles. The smallest absolute Gasteiger partial charge is 0.139 e. The van der Waals surface area contributed by atoms with E-state index in [1.54, 1.807) is 6.07 Å². The van der Waals surface area contributed by atoms with Gasteiger partial charge in [0.1, 0.15) is 11.6 Å². The monoisotopic (exact) mass is 265 g/mol. The van der Waals surface area contributed by atoms with Crippen molar-refractivity contribution in [3.8, 4) is 0 Å². The van der Waals surface area contributed by atoms with Crippen molar-refractivity contribution < 1.29 is 8.78 Å². The molecule has 18 heavy (non-hydrogen) atoms. The summed E-state index contributed by atoms with van der Waals surface area (Å²) in [5, 5.41) is 0.0495. The first-order chi connectivity index (χ1) is 8.56. The van der Waals surface area contributed by atoms with Gasteiger partial charge in [0.2, 0.25) is 0 Å². The van der Waals surface area contributed by atoms with Crippen LogP contribution in [0.25, 0.3) is 0 Å². The Morgan fingerprint density at radius 1 is 1.11 bits per heavy atom. The predicted molar refractivity (Wildman–Crippen MR) is 71.5 cm³/mol. The Hall–Kier alpha value is -1.55. The molecule has 0 radical (unpaired) electrons. The van der Waals surface area contributed by atoms with Gasteiger partial charge in [-0.25, -0.2) is 8.78 Å². The van der Waals surface area contributed by atoms with Gasteiger partial charge in [-0.15, -0.1) is 11.8 Å². The van der Waals surface area contributed by atoms with Crippen molar-refractivity contribution >= 4 is 17.4 Å². The fourth-order valence-corrected chi connectivity index (χ4v) is 2.62. The summed E-state index contributed by atoms with van der Waals surface area (Å²) in [7, 11) is 0. The summed E-state index contributed by atoms with van der Waals surface area (Å²) in [6.07, 6.45) is 0. The van der Waals surface area contributed by atoms with Gasteiger partial charge in [0.25, 0.3) is 0 Å². The number of hydrogen-bond acceptors (Lipinski definition) is 2. The van der Waals surface area contributed by atoms with Crippen LogP contribution in [-0.4, -0.2) is 0 Å². The largest absolute Gasteiger partial charge is 0.399 e. The fraction of sp³-hybridized carbons (Fsp3) is 0.143. The average Bonchev–Trinajstić information content (AvgIpc) is 2.32. The maximum absolute atomic E-state index is 13.5. The van der Waals surface area contributed by atoms with Gasteiger partial charge in [-0.3, -0.25) is 0 Å². The number of halogens is 2. The number of benzene rings is 2. The van der Waals surface area contributed by atoms with Crippen molar-refractivity contribution in [2.45, 2.75) is 17.1 Å². The van der Waals surface area contributed by atoms with E-state index in [2.05, 4.69) is 0 Å². The lowest BCUT2D eigenvalue weighted by Crippen LogP contribution is -1.93. The number of anilines is 1. The van der Waals surface area contributed by atoms with Crippen molar-refractivity contribution in [1.29, 1.82) is 0 Å². The number of hydrogen-bond donors (Lipinski definition) is 1. The molecule has 1 atom stereocenters. The van der Waals surface area contributed by atoms with Crippen molar-refractivity contribution in [3.05, 3.63) is 59.7 Å². The molecular weight excluding hydrogens is 252 g/mol. The van der Waals surface area contributed by atoms with Crippen molar-refractivity contribution in [2.24, 2.45) is 0 Å². The van der Waals surface area contributed by atoms with Gasteiger partial charge in [0.05, 0.1) is 0 Å². The van der Waals surface area contributed by atoms with Crippen LogP contribution in [0.1, 0.15) is 17.7 Å². The third-order valence-electron chi connectivity index (χ3n) is 2.58. The molecule has 2 rings (SSSR count). The zero-order valence-corrected chi connectivity index (χ0v) is 10.7. The Morgan fingerprint density at radius 2 is 1.89 bits per heavy atom. The van der Waals surface area contributed by atoms with Crippen molar-refractivity contribution in [1.82, 2.24) is 0 Å². The maximum atomic E-state index is 13.5. The van der Waals surface area contributed by atoms with E-state index in [-0.39, 0.29) is 5.25 Å². The van der Waals surface area contributed by atoms with E-state index in [0.717, 1.165) is 11.6 Å². The minimum Gasteiger partial charge on any atom is -0.399 e. The summed E-state index contributed by atoms with van der Waals surface area (Å²) in [5.41, 5.74) is 7.40. The molecule has 2 N–H and O–H groups in total. The van der Waals surface area contributed by atoms with Crippen LogP contribution in [0.4, 0.5) is 14.5 Å². The van der Waals surface area contributed by atoms with Gasteiger partial charge in [-0.05, 0) is 36.8 Å². The summed E-state index contributed by atoms with van der Waals surface area (Å²) >= 11 is 1.34. The molecule has 0 aliphatic rings. The maximum Gasteiger partial charge on any atom is 0.139 e. The molecule has 2 aromatic rings. The lowest BCUT2D eigenvalue weighted by Gasteiger charge is -2.12. The minimum absolute atomic E-state index is 0.0495. The quantitative estimate of drug-likeness (QED) is 0.657. The Balaban J connectivity index is 2.18. The van der Waals surface area contributed by atoms with Gasteiger partial charge in [-0.2, -0.15) is 0 Å². The summed E-state index contributed by atoms with van der Waals surface area (Å²) in [6, 6.07) is 11.1. The summed E-state index contributed by atoms with van der Waals surface area (Å²) in [6.45, 7) is 1.96. The van der Waals surface area contributed by atoms with E-state index < -0.39 is 11.6 Å². The molecule has 0 saturated carbocycles. The third kappa shape index (κ3) is 3.01. The Morgan fingerprint density at radius 3 is 2.56 bits per heavy atom. The van der Waals surface area contributed by atoms with Crippen LogP contribution in [-0.2, 0) is 0 Å². The highest BCUT2D eigenvalue weighted by molar-refractivity contribution is 7.99. The molecule has 4 heteroatoms. The fourth-order valence-electron chi connectivity index (χ4n) is 1.64. The highest BCUT2D eigenvalue weighted by Gasteiger charge is 2.11. The van der Waals surface area contributed by atoms with Crippen LogP contribution < -0.4 is 5.73 Å². The van der Waals surface area contributed by atoms with Gasteiger partial charge in [-0.1, -0.05) is 12.1 Å². The van der Waals surface area contributed by atoms with Gasteiger partial charge < -0.3 is 5.73 Å². The topological polar surface area (TPSA) is 26.0 Å². The molecule has 1 unspecified atom stereocenters. The number of rotatable bonds is 3. The minimum atomic E-state index is -0.562. The van der Waals surface area contributed by atoms with Crippen LogP contribution in [0.3, 0.4) is 0 Å². The molecule has 0 aliphatic heterocycles. The van der Waals surface area contributed by atoms with Gasteiger partial charge in [0, 0.05) is 21.9 Å². The highest BCUT2D eigenvalue weighted by Crippen LogP contribution is 2.36. The van der Waals surface area contributed by atoms with Crippen LogP contribution in [0.5, 0.6) is 0 Å². The predicted octanol–water partition coefficient (Wildman–Crippen LogP) is 4.40. The number of nitrogen functional groups attached to an aromatic ring is 1. The van der Waals surface area contributed by atoms with Crippen LogP contribution in [0, 0.1) is 11.6 Å². The lowest BCUT2D eigenvalue weighted by molar-refractivity contribution is 0.565. The standard InChI is InChI=1S/C14H13F2NS/c1-9(10-3-2-4-12(17)7-10)18-14-6-5-11(15)8-13(14)16/h2-9H,17H2,1H3. The SMILES string of the molecule is CC(Sc1ccc(F)cc1F)c1cccc(N)c1. The normalized spacial score (nSPS) is 12.4. The van der Waals surface area contributed by atoms with E-state index in [1.807, 2.05) is 25.1 Å². The molecular formula is C14H13F2NS. The molecule has 0 aromatic heterocycles. The lowest BCUT2D eigenvalue weighted by atomic mass is 10.1. The van der Waals surface area contributed by atoms with Crippen LogP contribution in [0.15, 0.2) is 47.4 Å². The molecule has 1 nitrogen and oxygen atoms in total. The molecule has 0 fully saturated rings. The second kappa shape index (κ2) is 5.40. The molecule has 0 spiro atoms. The number of nitrogens with two attached hydrogens (primary N) is 1. The zero-order chi connectivity index (χ0) is 13.1. The van der Waals surface area contributed by atoms with Gasteiger partial charge >= 0.3 is 0 Å². The highest BCUT2D eigenvalue weighted by atomic mass is 32.2. The summed E-state index contributed by atoms with van der Waals surface area (Å²) in [4.78, 5) is 0.436. The van der Waals surface area contributed by atoms with E-state index in [0.29, 0.717) is 10.6 Å². The first kappa shape index (κ1) is 12.9. The second-order valence-corrected chi connectivity index (χ2v) is 5.39. The first-order valence-corrected chi connectivity index (χ1v) is 6.41. The molecule has 0 bridgehead atoms. The zero-order valence-electron chi connectivity index (χ0n) is 9.86. The molecule has 0 heterocycles. The number of thioether (sulfide) groups is 1. The third-order valence-corrected chi connectivity index (χ3v) is 3.79. The Bertz CT molecular complexity index is 557. The molecule has 2 aromatic carbocycles. The van der Waals surface area contributed by atoms with Gasteiger partial charge in [0.15, 0.2) is 0 Å². The van der Waals surface area contributed by atoms with Crippen LogP contribution in [0.2, 0.25) is 0 Å². The summed E-state index contributed by atoms with van der Waals surface area (Å²) in [5.74, 6) is -1.09. The van der Waals surface area contributed by atoms with E-state index in [4.69, 9.17) is 5.73 Å². The second-order valence-electron chi connectivity index (χ2n) is 4.00.